The molecule has 9 nitrogen and oxygen atoms in total. The first-order chi connectivity index (χ1) is 15.0. The van der Waals surface area contributed by atoms with Crippen LogP contribution in [0.4, 0.5) is 11.7 Å². The lowest BCUT2D eigenvalue weighted by Gasteiger charge is -2.16. The van der Waals surface area contributed by atoms with E-state index >= 15 is 0 Å². The largest absolute Gasteiger partial charge is 0.497 e. The molecule has 0 radical (unpaired) electrons. The van der Waals surface area contributed by atoms with Crippen molar-refractivity contribution in [1.29, 1.82) is 0 Å². The average Bonchev–Trinajstić information content (AvgIpc) is 3.40. The number of hydrogen-bond donors (Lipinski definition) is 1. The minimum Gasteiger partial charge on any atom is -0.497 e. The number of aromatic nitrogens is 2. The molecule has 1 saturated heterocycles. The summed E-state index contributed by atoms with van der Waals surface area (Å²) in [6.07, 6.45) is 0.260. The van der Waals surface area contributed by atoms with Gasteiger partial charge < -0.3 is 18.8 Å². The molecule has 9 heteroatoms. The van der Waals surface area contributed by atoms with Crippen LogP contribution in [0.25, 0.3) is 0 Å². The summed E-state index contributed by atoms with van der Waals surface area (Å²) in [4.78, 5) is 26.8. The van der Waals surface area contributed by atoms with Gasteiger partial charge in [-0.25, -0.2) is 0 Å². The van der Waals surface area contributed by atoms with Gasteiger partial charge in [-0.15, -0.1) is 5.10 Å². The Morgan fingerprint density at radius 3 is 2.42 bits per heavy atom. The molecule has 0 saturated carbocycles. The van der Waals surface area contributed by atoms with Gasteiger partial charge >= 0.3 is 6.01 Å². The summed E-state index contributed by atoms with van der Waals surface area (Å²) in [6.45, 7) is 2.43. The number of carbonyl (C=O) groups excluding carboxylic acids is 2. The van der Waals surface area contributed by atoms with Gasteiger partial charge in [-0.3, -0.25) is 14.9 Å². The fourth-order valence-corrected chi connectivity index (χ4v) is 3.41. The summed E-state index contributed by atoms with van der Waals surface area (Å²) < 4.78 is 16.0. The molecular weight excluding hydrogens is 400 g/mol. The molecule has 0 unspecified atom stereocenters. The zero-order valence-electron chi connectivity index (χ0n) is 17.4. The summed E-state index contributed by atoms with van der Waals surface area (Å²) in [7, 11) is 3.01. The monoisotopic (exact) mass is 422 g/mol. The van der Waals surface area contributed by atoms with Crippen molar-refractivity contribution in [2.45, 2.75) is 19.3 Å². The van der Waals surface area contributed by atoms with Gasteiger partial charge in [0.15, 0.2) is 0 Å². The molecule has 1 aliphatic heterocycles. The molecule has 1 fully saturated rings. The van der Waals surface area contributed by atoms with Crippen molar-refractivity contribution in [1.82, 2.24) is 10.2 Å². The van der Waals surface area contributed by atoms with Crippen molar-refractivity contribution in [2.75, 3.05) is 31.0 Å². The van der Waals surface area contributed by atoms with Crippen molar-refractivity contribution in [3.63, 3.8) is 0 Å². The van der Waals surface area contributed by atoms with Crippen LogP contribution in [0.2, 0.25) is 0 Å². The van der Waals surface area contributed by atoms with Gasteiger partial charge in [-0.2, -0.15) is 0 Å². The summed E-state index contributed by atoms with van der Waals surface area (Å²) >= 11 is 0. The number of nitrogens with zero attached hydrogens (tertiary/aromatic N) is 3. The molecule has 1 atom stereocenters. The van der Waals surface area contributed by atoms with Crippen LogP contribution in [-0.2, 0) is 4.79 Å². The van der Waals surface area contributed by atoms with E-state index in [9.17, 15) is 9.59 Å². The van der Waals surface area contributed by atoms with E-state index < -0.39 is 5.91 Å². The Morgan fingerprint density at radius 2 is 1.77 bits per heavy atom. The van der Waals surface area contributed by atoms with E-state index in [2.05, 4.69) is 15.5 Å². The Bertz CT molecular complexity index is 1090. The molecule has 160 valence electrons. The van der Waals surface area contributed by atoms with E-state index in [1.807, 2.05) is 31.2 Å². The average molecular weight is 422 g/mol. The number of aryl methyl sites for hydroxylation is 1. The third-order valence-electron chi connectivity index (χ3n) is 5.09. The second kappa shape index (κ2) is 8.47. The topological polar surface area (TPSA) is 107 Å². The van der Waals surface area contributed by atoms with Crippen LogP contribution >= 0.6 is 0 Å². The van der Waals surface area contributed by atoms with Gasteiger partial charge in [0.05, 0.1) is 20.1 Å². The first-order valence-corrected chi connectivity index (χ1v) is 9.71. The molecule has 2 amide bonds. The van der Waals surface area contributed by atoms with Crippen LogP contribution in [0.1, 0.15) is 34.2 Å². The molecule has 4 rings (SSSR count). The number of ether oxygens (including phenoxy) is 2. The van der Waals surface area contributed by atoms with E-state index in [0.717, 1.165) is 11.3 Å². The number of rotatable bonds is 6. The molecule has 1 aromatic heterocycles. The molecule has 1 N–H and O–H groups in total. The summed E-state index contributed by atoms with van der Waals surface area (Å²) in [5.74, 6) is 0.565. The van der Waals surface area contributed by atoms with Crippen molar-refractivity contribution in [2.24, 2.45) is 0 Å². The highest BCUT2D eigenvalue weighted by Gasteiger charge is 2.35. The predicted molar refractivity (Wildman–Crippen MR) is 113 cm³/mol. The van der Waals surface area contributed by atoms with Gasteiger partial charge in [0.1, 0.15) is 11.5 Å². The van der Waals surface area contributed by atoms with Gasteiger partial charge in [-0.1, -0.05) is 22.8 Å². The standard InChI is InChI=1S/C22H22N4O5/c1-13-4-6-16(7-5-13)26-12-15(10-19(26)27)21-24-25-22(31-21)23-20(28)14-8-17(29-2)11-18(9-14)30-3/h4-9,11,15H,10,12H2,1-3H3,(H,23,25,28)/t15-/m1/s1. The molecule has 2 heterocycles. The molecule has 0 bridgehead atoms. The smallest absolute Gasteiger partial charge is 0.322 e. The van der Waals surface area contributed by atoms with Crippen LogP contribution in [-0.4, -0.2) is 42.8 Å². The highest BCUT2D eigenvalue weighted by Crippen LogP contribution is 2.32. The minimum atomic E-state index is -0.448. The number of benzene rings is 2. The Kier molecular flexibility index (Phi) is 5.57. The summed E-state index contributed by atoms with van der Waals surface area (Å²) in [5, 5.41) is 10.5. The van der Waals surface area contributed by atoms with Crippen LogP contribution in [0.5, 0.6) is 11.5 Å². The Labute approximate surface area is 179 Å². The Morgan fingerprint density at radius 1 is 1.10 bits per heavy atom. The Balaban J connectivity index is 1.46. The quantitative estimate of drug-likeness (QED) is 0.650. The summed E-state index contributed by atoms with van der Waals surface area (Å²) in [5.41, 5.74) is 2.27. The highest BCUT2D eigenvalue weighted by molar-refractivity contribution is 6.03. The van der Waals surface area contributed by atoms with Crippen LogP contribution in [0.3, 0.4) is 0 Å². The van der Waals surface area contributed by atoms with Crippen LogP contribution < -0.4 is 19.7 Å². The number of nitrogens with one attached hydrogen (secondary N) is 1. The second-order valence-corrected chi connectivity index (χ2v) is 7.24. The fraction of sp³-hybridized carbons (Fsp3) is 0.273. The second-order valence-electron chi connectivity index (χ2n) is 7.24. The van der Waals surface area contributed by atoms with E-state index in [1.54, 1.807) is 23.1 Å². The fourth-order valence-electron chi connectivity index (χ4n) is 3.41. The van der Waals surface area contributed by atoms with Crippen molar-refractivity contribution < 1.29 is 23.5 Å². The number of anilines is 2. The maximum atomic E-state index is 12.6. The number of hydrogen-bond acceptors (Lipinski definition) is 7. The summed E-state index contributed by atoms with van der Waals surface area (Å²) in [6, 6.07) is 12.5. The lowest BCUT2D eigenvalue weighted by atomic mass is 10.1. The van der Waals surface area contributed by atoms with Crippen LogP contribution in [0.15, 0.2) is 46.9 Å². The van der Waals surface area contributed by atoms with E-state index in [-0.39, 0.29) is 24.3 Å². The Hall–Kier alpha value is -3.88. The third-order valence-corrected chi connectivity index (χ3v) is 5.09. The molecule has 1 aliphatic rings. The normalized spacial score (nSPS) is 15.8. The highest BCUT2D eigenvalue weighted by atomic mass is 16.5. The van der Waals surface area contributed by atoms with Crippen molar-refractivity contribution in [3.05, 3.63) is 59.5 Å². The van der Waals surface area contributed by atoms with Gasteiger partial charge in [0, 0.05) is 30.3 Å². The van der Waals surface area contributed by atoms with Crippen LogP contribution in [0, 0.1) is 6.92 Å². The number of amides is 2. The predicted octanol–water partition coefficient (Wildman–Crippen LogP) is 3.17. The maximum Gasteiger partial charge on any atom is 0.322 e. The zero-order valence-corrected chi connectivity index (χ0v) is 17.4. The van der Waals surface area contributed by atoms with Crippen molar-refractivity contribution >= 4 is 23.5 Å². The van der Waals surface area contributed by atoms with E-state index in [4.69, 9.17) is 13.9 Å². The van der Waals surface area contributed by atoms with Gasteiger partial charge in [0.2, 0.25) is 11.8 Å². The first kappa shape index (κ1) is 20.4. The molecule has 3 aromatic rings. The number of methoxy groups -OCH3 is 2. The van der Waals surface area contributed by atoms with E-state index in [1.165, 1.54) is 14.2 Å². The SMILES string of the molecule is COc1cc(OC)cc(C(=O)Nc2nnc([C@@H]3CC(=O)N(c4ccc(C)cc4)C3)o2)c1. The van der Waals surface area contributed by atoms with Gasteiger partial charge in [-0.05, 0) is 31.2 Å². The van der Waals surface area contributed by atoms with Gasteiger partial charge in [0.25, 0.3) is 5.91 Å². The molecular formula is C22H22N4O5. The third kappa shape index (κ3) is 4.35. The molecule has 0 aliphatic carbocycles. The lowest BCUT2D eigenvalue weighted by molar-refractivity contribution is -0.117. The minimum absolute atomic E-state index is 0.0129. The zero-order chi connectivity index (χ0) is 22.0. The van der Waals surface area contributed by atoms with Crippen molar-refractivity contribution in [3.8, 4) is 11.5 Å². The lowest BCUT2D eigenvalue weighted by Crippen LogP contribution is -2.24. The molecule has 31 heavy (non-hydrogen) atoms. The maximum absolute atomic E-state index is 12.6. The number of carbonyl (C=O) groups is 2. The first-order valence-electron chi connectivity index (χ1n) is 9.71. The van der Waals surface area contributed by atoms with E-state index in [0.29, 0.717) is 29.5 Å². The molecule has 0 spiro atoms. The molecule has 2 aromatic carbocycles.